The molecule has 0 aromatic carbocycles. The van der Waals surface area contributed by atoms with Crippen LogP contribution in [0.5, 0.6) is 0 Å². The smallest absolute Gasteiger partial charge is 0 e. The zero-order valence-electron chi connectivity index (χ0n) is 6.04. The maximum Gasteiger partial charge on any atom is 0 e. The second kappa shape index (κ2) is 10.9. The van der Waals surface area contributed by atoms with Crippen molar-refractivity contribution in [3.05, 3.63) is 0 Å². The second-order valence-corrected chi connectivity index (χ2v) is 2.06. The van der Waals surface area contributed by atoms with Crippen molar-refractivity contribution in [3.63, 3.8) is 0 Å². The summed E-state index contributed by atoms with van der Waals surface area (Å²) in [6, 6.07) is 0. The molecule has 1 heteroatoms. The van der Waals surface area contributed by atoms with Gasteiger partial charge in [-0.2, -0.15) is 0 Å². The average molecular weight is 338 g/mol. The Kier molecular flexibility index (Phi) is 16.1. The van der Waals surface area contributed by atoms with Crippen LogP contribution in [0.3, 0.4) is 0 Å². The van der Waals surface area contributed by atoms with Crippen LogP contribution in [0.25, 0.3) is 0 Å². The molecule has 0 rings (SSSR count). The molecule has 0 saturated carbocycles. The van der Waals surface area contributed by atoms with E-state index in [0.29, 0.717) is 0 Å². The summed E-state index contributed by atoms with van der Waals surface area (Å²) in [6.07, 6.45) is 7.01. The summed E-state index contributed by atoms with van der Waals surface area (Å²) in [5.41, 5.74) is 0. The molecule has 48 valence electrons. The first-order valence-electron chi connectivity index (χ1n) is 3.41. The van der Waals surface area contributed by atoms with Gasteiger partial charge in [0.25, 0.3) is 0 Å². The molecule has 0 amide bonds. The molecule has 0 fully saturated rings. The number of rotatable bonds is 4. The van der Waals surface area contributed by atoms with Crippen LogP contribution in [0.2, 0.25) is 0 Å². The van der Waals surface area contributed by atoms with Crippen molar-refractivity contribution in [1.82, 2.24) is 0 Å². The first kappa shape index (κ1) is 11.8. The van der Waals surface area contributed by atoms with E-state index in [4.69, 9.17) is 0 Å². The van der Waals surface area contributed by atoms with E-state index in [1.54, 1.807) is 0 Å². The zero-order valence-corrected chi connectivity index (χ0v) is 10.2. The van der Waals surface area contributed by atoms with Crippen molar-refractivity contribution < 1.29 is 31.1 Å². The van der Waals surface area contributed by atoms with Gasteiger partial charge in [-0.1, -0.05) is 46.0 Å². The molecule has 0 unspecified atom stereocenters. The van der Waals surface area contributed by atoms with Crippen molar-refractivity contribution in [2.24, 2.45) is 0 Å². The molecule has 0 saturated heterocycles. The summed E-state index contributed by atoms with van der Waals surface area (Å²) in [5, 5.41) is 0. The minimum atomic E-state index is 0. The van der Waals surface area contributed by atoms with E-state index in [9.17, 15) is 0 Å². The molecule has 0 aromatic heterocycles. The van der Waals surface area contributed by atoms with Crippen molar-refractivity contribution in [2.75, 3.05) is 0 Å². The standard InChI is InChI=1S/C7H16.U/c1-3-5-7-6-4-2;/h3-7H2,1-2H3;. The van der Waals surface area contributed by atoms with Gasteiger partial charge in [-0.05, 0) is 0 Å². The summed E-state index contributed by atoms with van der Waals surface area (Å²) < 4.78 is 0. The van der Waals surface area contributed by atoms with Gasteiger partial charge in [-0.25, -0.2) is 0 Å². The number of hydrogen-bond acceptors (Lipinski definition) is 0. The van der Waals surface area contributed by atoms with Crippen molar-refractivity contribution >= 4 is 0 Å². The minimum absolute atomic E-state index is 0. The number of unbranched alkanes of at least 4 members (excludes halogenated alkanes) is 4. The molecule has 0 aliphatic heterocycles. The molecule has 0 bridgehead atoms. The van der Waals surface area contributed by atoms with Gasteiger partial charge in [0, 0.05) is 31.1 Å². The maximum absolute atomic E-state index is 2.25. The Morgan fingerprint density at radius 2 is 1.12 bits per heavy atom. The molecular weight excluding hydrogens is 322 g/mol. The maximum atomic E-state index is 2.25. The van der Waals surface area contributed by atoms with E-state index >= 15 is 0 Å². The van der Waals surface area contributed by atoms with Gasteiger partial charge >= 0.3 is 0 Å². The van der Waals surface area contributed by atoms with Gasteiger partial charge in [0.05, 0.1) is 0 Å². The number of hydrogen-bond donors (Lipinski definition) is 0. The molecule has 0 heterocycles. The van der Waals surface area contributed by atoms with Crippen molar-refractivity contribution in [1.29, 1.82) is 0 Å². The normalized spacial score (nSPS) is 8.25. The van der Waals surface area contributed by atoms with Crippen molar-refractivity contribution in [2.45, 2.75) is 46.0 Å². The first-order valence-corrected chi connectivity index (χ1v) is 3.41. The van der Waals surface area contributed by atoms with Gasteiger partial charge in [0.2, 0.25) is 0 Å². The third-order valence-corrected chi connectivity index (χ3v) is 1.21. The minimum Gasteiger partial charge on any atom is -0.0654 e. The van der Waals surface area contributed by atoms with Gasteiger partial charge in [-0.15, -0.1) is 0 Å². The van der Waals surface area contributed by atoms with Crippen molar-refractivity contribution in [3.8, 4) is 0 Å². The molecule has 0 spiro atoms. The fourth-order valence-electron chi connectivity index (χ4n) is 0.677. The first-order chi connectivity index (χ1) is 3.41. The molecule has 0 aliphatic rings. The van der Waals surface area contributed by atoms with E-state index in [-0.39, 0.29) is 31.1 Å². The van der Waals surface area contributed by atoms with Gasteiger partial charge in [-0.3, -0.25) is 0 Å². The van der Waals surface area contributed by atoms with Gasteiger partial charge in [0.15, 0.2) is 0 Å². The van der Waals surface area contributed by atoms with E-state index in [1.165, 1.54) is 32.1 Å². The third kappa shape index (κ3) is 10.1. The molecule has 0 aliphatic carbocycles. The SMILES string of the molecule is CCCCCCC.[U]. The van der Waals surface area contributed by atoms with Crippen LogP contribution in [-0.4, -0.2) is 0 Å². The summed E-state index contributed by atoms with van der Waals surface area (Å²) in [6.45, 7) is 4.49. The monoisotopic (exact) mass is 338 g/mol. The Morgan fingerprint density at radius 3 is 1.38 bits per heavy atom. The Morgan fingerprint density at radius 1 is 0.750 bits per heavy atom. The molecule has 0 radical (unpaired) electrons. The fourth-order valence-corrected chi connectivity index (χ4v) is 0.677. The Labute approximate surface area is 76.8 Å². The van der Waals surface area contributed by atoms with Crippen LogP contribution in [-0.2, 0) is 0 Å². The van der Waals surface area contributed by atoms with E-state index in [1.807, 2.05) is 0 Å². The van der Waals surface area contributed by atoms with E-state index < -0.39 is 0 Å². The quantitative estimate of drug-likeness (QED) is 0.692. The van der Waals surface area contributed by atoms with Crippen LogP contribution in [0.15, 0.2) is 0 Å². The van der Waals surface area contributed by atoms with Crippen LogP contribution >= 0.6 is 0 Å². The summed E-state index contributed by atoms with van der Waals surface area (Å²) in [5.74, 6) is 0. The largest absolute Gasteiger partial charge is 0.0654 e. The molecule has 8 heavy (non-hydrogen) atoms. The van der Waals surface area contributed by atoms with Crippen LogP contribution in [0.4, 0.5) is 0 Å². The molecule has 0 aromatic rings. The molecule has 0 N–H and O–H groups in total. The molecular formula is C7H16U. The topological polar surface area (TPSA) is 0 Å². The molecule has 0 atom stereocenters. The Hall–Kier alpha value is 1.05. The zero-order chi connectivity index (χ0) is 5.54. The van der Waals surface area contributed by atoms with E-state index in [0.717, 1.165) is 0 Å². The van der Waals surface area contributed by atoms with Crippen LogP contribution < -0.4 is 0 Å². The summed E-state index contributed by atoms with van der Waals surface area (Å²) >= 11 is 0. The molecule has 0 nitrogen and oxygen atoms in total. The summed E-state index contributed by atoms with van der Waals surface area (Å²) in [4.78, 5) is 0. The van der Waals surface area contributed by atoms with Crippen LogP contribution in [0, 0.1) is 31.1 Å². The summed E-state index contributed by atoms with van der Waals surface area (Å²) in [7, 11) is 0. The second-order valence-electron chi connectivity index (χ2n) is 2.06. The average Bonchev–Trinajstić information content (AvgIpc) is 1.69. The third-order valence-electron chi connectivity index (χ3n) is 1.21. The predicted molar refractivity (Wildman–Crippen MR) is 34.4 cm³/mol. The van der Waals surface area contributed by atoms with Gasteiger partial charge < -0.3 is 0 Å². The fraction of sp³-hybridized carbons (Fsp3) is 1.00. The Bertz CT molecular complexity index is 23.6. The van der Waals surface area contributed by atoms with Gasteiger partial charge in [0.1, 0.15) is 0 Å². The van der Waals surface area contributed by atoms with E-state index in [2.05, 4.69) is 13.8 Å². The van der Waals surface area contributed by atoms with Crippen LogP contribution in [0.1, 0.15) is 46.0 Å². The predicted octanol–water partition coefficient (Wildman–Crippen LogP) is 2.98. The Balaban J connectivity index is 0.